The first kappa shape index (κ1) is 16.0. The molecule has 0 atom stereocenters. The fraction of sp³-hybridized carbons (Fsp3) is 0. The fourth-order valence-electron chi connectivity index (χ4n) is 2.05. The van der Waals surface area contributed by atoms with E-state index < -0.39 is 5.91 Å². The van der Waals surface area contributed by atoms with Crippen molar-refractivity contribution < 1.29 is 13.6 Å². The van der Waals surface area contributed by atoms with Crippen molar-refractivity contribution in [1.82, 2.24) is 5.43 Å². The number of halogens is 2. The van der Waals surface area contributed by atoms with Gasteiger partial charge in [0.15, 0.2) is 0 Å². The molecule has 24 heavy (non-hydrogen) atoms. The van der Waals surface area contributed by atoms with E-state index in [0.29, 0.717) is 22.1 Å². The van der Waals surface area contributed by atoms with Crippen LogP contribution in [0, 0.1) is 5.82 Å². The van der Waals surface area contributed by atoms with Gasteiger partial charge in [0.1, 0.15) is 17.3 Å². The van der Waals surface area contributed by atoms with Crippen LogP contribution in [0.2, 0.25) is 5.02 Å². The van der Waals surface area contributed by atoms with Gasteiger partial charge in [0.05, 0.1) is 16.8 Å². The summed E-state index contributed by atoms with van der Waals surface area (Å²) in [5.74, 6) is 0.305. The molecule has 4 nitrogen and oxygen atoms in total. The van der Waals surface area contributed by atoms with Gasteiger partial charge in [-0.2, -0.15) is 5.10 Å². The minimum atomic E-state index is -0.415. The lowest BCUT2D eigenvalue weighted by molar-refractivity contribution is 0.0955. The average molecular weight is 343 g/mol. The molecular weight excluding hydrogens is 331 g/mol. The number of nitrogens with zero attached hydrogens (tertiary/aromatic N) is 1. The predicted molar refractivity (Wildman–Crippen MR) is 90.6 cm³/mol. The Kier molecular flexibility index (Phi) is 4.72. The van der Waals surface area contributed by atoms with Crippen molar-refractivity contribution >= 4 is 23.7 Å². The van der Waals surface area contributed by atoms with Crippen molar-refractivity contribution in [3.05, 3.63) is 82.8 Å². The van der Waals surface area contributed by atoms with Crippen molar-refractivity contribution in [2.24, 2.45) is 5.10 Å². The molecular formula is C18H12ClFN2O2. The van der Waals surface area contributed by atoms with Crippen LogP contribution in [0.4, 0.5) is 4.39 Å². The molecule has 1 amide bonds. The van der Waals surface area contributed by atoms with E-state index in [1.54, 1.807) is 48.5 Å². The van der Waals surface area contributed by atoms with Crippen LogP contribution in [-0.2, 0) is 0 Å². The van der Waals surface area contributed by atoms with E-state index in [4.69, 9.17) is 16.0 Å². The highest BCUT2D eigenvalue weighted by Crippen LogP contribution is 2.21. The number of benzene rings is 2. The monoisotopic (exact) mass is 342 g/mol. The molecule has 0 aliphatic carbocycles. The zero-order valence-electron chi connectivity index (χ0n) is 12.4. The number of hydrogen-bond donors (Lipinski definition) is 1. The zero-order valence-corrected chi connectivity index (χ0v) is 13.1. The SMILES string of the molecule is O=C(N/N=C\c1ccc(-c2ccc(F)cc2)o1)c1ccccc1Cl. The van der Waals surface area contributed by atoms with Crippen LogP contribution in [-0.4, -0.2) is 12.1 Å². The summed E-state index contributed by atoms with van der Waals surface area (Å²) in [6, 6.07) is 16.1. The maximum absolute atomic E-state index is 12.9. The van der Waals surface area contributed by atoms with Gasteiger partial charge in [-0.15, -0.1) is 0 Å². The summed E-state index contributed by atoms with van der Waals surface area (Å²) >= 11 is 5.94. The van der Waals surface area contributed by atoms with Crippen LogP contribution >= 0.6 is 11.6 Å². The second kappa shape index (κ2) is 7.10. The molecule has 1 heterocycles. The van der Waals surface area contributed by atoms with Gasteiger partial charge in [0.2, 0.25) is 0 Å². The van der Waals surface area contributed by atoms with Crippen molar-refractivity contribution in [2.45, 2.75) is 0 Å². The molecule has 2 aromatic carbocycles. The molecule has 0 saturated heterocycles. The Balaban J connectivity index is 1.66. The van der Waals surface area contributed by atoms with Gasteiger partial charge in [-0.1, -0.05) is 23.7 Å². The molecule has 0 radical (unpaired) electrons. The van der Waals surface area contributed by atoms with Crippen molar-refractivity contribution in [3.8, 4) is 11.3 Å². The van der Waals surface area contributed by atoms with E-state index in [0.717, 1.165) is 5.56 Å². The highest BCUT2D eigenvalue weighted by Gasteiger charge is 2.08. The summed E-state index contributed by atoms with van der Waals surface area (Å²) in [5, 5.41) is 4.19. The summed E-state index contributed by atoms with van der Waals surface area (Å²) in [6.45, 7) is 0. The first-order valence-corrected chi connectivity index (χ1v) is 7.45. The highest BCUT2D eigenvalue weighted by atomic mass is 35.5. The Bertz CT molecular complexity index is 888. The van der Waals surface area contributed by atoms with Crippen molar-refractivity contribution in [1.29, 1.82) is 0 Å². The quantitative estimate of drug-likeness (QED) is 0.560. The highest BCUT2D eigenvalue weighted by molar-refractivity contribution is 6.33. The van der Waals surface area contributed by atoms with Crippen LogP contribution in [0.15, 0.2) is 70.2 Å². The van der Waals surface area contributed by atoms with Crippen LogP contribution in [0.3, 0.4) is 0 Å². The normalized spacial score (nSPS) is 10.9. The van der Waals surface area contributed by atoms with Crippen LogP contribution in [0.5, 0.6) is 0 Å². The second-order valence-electron chi connectivity index (χ2n) is 4.89. The van der Waals surface area contributed by atoms with Crippen LogP contribution in [0.1, 0.15) is 16.1 Å². The number of hydrazone groups is 1. The number of nitrogens with one attached hydrogen (secondary N) is 1. The maximum atomic E-state index is 12.9. The zero-order chi connectivity index (χ0) is 16.9. The van der Waals surface area contributed by atoms with Gasteiger partial charge in [-0.3, -0.25) is 4.79 Å². The smallest absolute Gasteiger partial charge is 0.272 e. The summed E-state index contributed by atoms with van der Waals surface area (Å²) in [4.78, 5) is 11.9. The molecule has 1 N–H and O–H groups in total. The third-order valence-corrected chi connectivity index (χ3v) is 3.56. The first-order chi connectivity index (χ1) is 11.6. The molecule has 6 heteroatoms. The molecule has 0 fully saturated rings. The predicted octanol–water partition coefficient (Wildman–Crippen LogP) is 4.50. The van der Waals surface area contributed by atoms with E-state index in [-0.39, 0.29) is 5.82 Å². The number of rotatable bonds is 4. The summed E-state index contributed by atoms with van der Waals surface area (Å²) in [6.07, 6.45) is 1.38. The Morgan fingerprint density at radius 2 is 1.83 bits per heavy atom. The van der Waals surface area contributed by atoms with Gasteiger partial charge in [0.25, 0.3) is 5.91 Å². The van der Waals surface area contributed by atoms with E-state index in [2.05, 4.69) is 10.5 Å². The van der Waals surface area contributed by atoms with E-state index >= 15 is 0 Å². The largest absolute Gasteiger partial charge is 0.455 e. The molecule has 0 aliphatic rings. The summed E-state index contributed by atoms with van der Waals surface area (Å²) < 4.78 is 18.5. The second-order valence-corrected chi connectivity index (χ2v) is 5.30. The Morgan fingerprint density at radius 1 is 1.08 bits per heavy atom. The third-order valence-electron chi connectivity index (χ3n) is 3.23. The maximum Gasteiger partial charge on any atom is 0.272 e. The Hall–Kier alpha value is -2.92. The third kappa shape index (κ3) is 3.70. The number of amides is 1. The van der Waals surface area contributed by atoms with Crippen LogP contribution < -0.4 is 5.43 Å². The molecule has 0 unspecified atom stereocenters. The number of carbonyl (C=O) groups is 1. The summed E-state index contributed by atoms with van der Waals surface area (Å²) in [7, 11) is 0. The Morgan fingerprint density at radius 3 is 2.58 bits per heavy atom. The fourth-order valence-corrected chi connectivity index (χ4v) is 2.27. The Labute approximate surface area is 142 Å². The number of furan rings is 1. The lowest BCUT2D eigenvalue weighted by atomic mass is 10.2. The molecule has 0 bridgehead atoms. The number of hydrogen-bond acceptors (Lipinski definition) is 3. The van der Waals surface area contributed by atoms with Gasteiger partial charge in [-0.25, -0.2) is 9.82 Å². The van der Waals surface area contributed by atoms with Crippen LogP contribution in [0.25, 0.3) is 11.3 Å². The van der Waals surface area contributed by atoms with Gasteiger partial charge >= 0.3 is 0 Å². The molecule has 120 valence electrons. The van der Waals surface area contributed by atoms with Crippen molar-refractivity contribution in [2.75, 3.05) is 0 Å². The lowest BCUT2D eigenvalue weighted by Crippen LogP contribution is -2.17. The standard InChI is InChI=1S/C18H12ClFN2O2/c19-16-4-2-1-3-15(16)18(23)22-21-11-14-9-10-17(24-14)12-5-7-13(20)8-6-12/h1-11H,(H,22,23)/b21-11-. The molecule has 3 aromatic rings. The molecule has 0 spiro atoms. The van der Waals surface area contributed by atoms with Gasteiger partial charge < -0.3 is 4.42 Å². The van der Waals surface area contributed by atoms with E-state index in [9.17, 15) is 9.18 Å². The van der Waals surface area contributed by atoms with Gasteiger partial charge in [-0.05, 0) is 48.5 Å². The van der Waals surface area contributed by atoms with Crippen molar-refractivity contribution in [3.63, 3.8) is 0 Å². The number of carbonyl (C=O) groups excluding carboxylic acids is 1. The lowest BCUT2D eigenvalue weighted by Gasteiger charge is -2.01. The average Bonchev–Trinajstić information content (AvgIpc) is 3.04. The van der Waals surface area contributed by atoms with Gasteiger partial charge in [0, 0.05) is 5.56 Å². The van der Waals surface area contributed by atoms with E-state index in [1.165, 1.54) is 18.3 Å². The molecule has 0 aliphatic heterocycles. The first-order valence-electron chi connectivity index (χ1n) is 7.07. The molecule has 1 aromatic heterocycles. The minimum absolute atomic E-state index is 0.311. The summed E-state index contributed by atoms with van der Waals surface area (Å²) in [5.41, 5.74) is 3.46. The molecule has 3 rings (SSSR count). The molecule has 0 saturated carbocycles. The minimum Gasteiger partial charge on any atom is -0.455 e. The van der Waals surface area contributed by atoms with E-state index in [1.807, 2.05) is 0 Å². The topological polar surface area (TPSA) is 54.6 Å².